The molecule has 0 bridgehead atoms. The normalized spacial score (nSPS) is 12.0. The van der Waals surface area contributed by atoms with Gasteiger partial charge < -0.3 is 4.57 Å². The van der Waals surface area contributed by atoms with Crippen molar-refractivity contribution < 1.29 is 4.79 Å². The number of imidazole rings is 1. The van der Waals surface area contributed by atoms with E-state index in [4.69, 9.17) is 11.6 Å². The molecule has 2 aromatic carbocycles. The lowest BCUT2D eigenvalue weighted by Gasteiger charge is -2.08. The maximum Gasteiger partial charge on any atom is 0.187 e. The number of nitrogens with zero attached hydrogens (tertiary/aromatic N) is 3. The number of halogens is 1. The van der Waals surface area contributed by atoms with E-state index in [2.05, 4.69) is 11.1 Å². The highest BCUT2D eigenvalue weighted by Crippen LogP contribution is 2.24. The van der Waals surface area contributed by atoms with Crippen LogP contribution in [0, 0.1) is 11.3 Å². The van der Waals surface area contributed by atoms with E-state index in [0.717, 1.165) is 11.0 Å². The van der Waals surface area contributed by atoms with Crippen molar-refractivity contribution in [3.8, 4) is 6.07 Å². The Balaban J connectivity index is 2.06. The monoisotopic (exact) mass is 309 g/mol. The first-order valence-corrected chi connectivity index (χ1v) is 7.10. The summed E-state index contributed by atoms with van der Waals surface area (Å²) < 4.78 is 1.79. The van der Waals surface area contributed by atoms with Gasteiger partial charge in [0.05, 0.1) is 17.1 Å². The fourth-order valence-electron chi connectivity index (χ4n) is 2.44. The number of benzene rings is 2. The maximum atomic E-state index is 12.6. The Kier molecular flexibility index (Phi) is 3.66. The molecular weight excluding hydrogens is 298 g/mol. The molecule has 1 atom stereocenters. The highest BCUT2D eigenvalue weighted by atomic mass is 35.5. The predicted octanol–water partition coefficient (Wildman–Crippen LogP) is 3.72. The number of fused-ring (bicyclic) bond motifs is 1. The molecule has 108 valence electrons. The number of aryl methyl sites for hydroxylation is 1. The molecule has 0 radical (unpaired) electrons. The molecule has 5 heteroatoms. The van der Waals surface area contributed by atoms with Crippen LogP contribution in [0.1, 0.15) is 22.1 Å². The average Bonchev–Trinajstić information content (AvgIpc) is 2.86. The first-order valence-electron chi connectivity index (χ1n) is 6.72. The number of para-hydroxylation sites is 2. The zero-order chi connectivity index (χ0) is 15.7. The van der Waals surface area contributed by atoms with Crippen molar-refractivity contribution >= 4 is 28.4 Å². The van der Waals surface area contributed by atoms with E-state index in [1.54, 1.807) is 28.8 Å². The minimum absolute atomic E-state index is 0.280. The van der Waals surface area contributed by atoms with Gasteiger partial charge in [-0.2, -0.15) is 5.26 Å². The highest BCUT2D eigenvalue weighted by molar-refractivity contribution is 6.30. The third-order valence-corrected chi connectivity index (χ3v) is 3.85. The van der Waals surface area contributed by atoms with Gasteiger partial charge in [0.15, 0.2) is 11.7 Å². The first kappa shape index (κ1) is 14.3. The Labute approximate surface area is 132 Å². The number of Topliss-reactive ketones (excluding diaryl/α,β-unsaturated/α-hetero) is 1. The van der Waals surface area contributed by atoms with Crippen LogP contribution in [0.5, 0.6) is 0 Å². The quantitative estimate of drug-likeness (QED) is 0.693. The van der Waals surface area contributed by atoms with E-state index >= 15 is 0 Å². The zero-order valence-electron chi connectivity index (χ0n) is 11.8. The summed E-state index contributed by atoms with van der Waals surface area (Å²) in [5.41, 5.74) is 2.11. The molecule has 0 aliphatic carbocycles. The standard InChI is InChI=1S/C17H12ClN3O/c1-21-15-5-3-2-4-14(15)20-17(21)13(10-19)16(22)11-6-8-12(18)9-7-11/h2-9,13H,1H3. The predicted molar refractivity (Wildman–Crippen MR) is 84.9 cm³/mol. The topological polar surface area (TPSA) is 58.7 Å². The molecule has 0 spiro atoms. The van der Waals surface area contributed by atoms with Gasteiger partial charge in [-0.05, 0) is 36.4 Å². The summed E-state index contributed by atoms with van der Waals surface area (Å²) in [6.45, 7) is 0. The minimum atomic E-state index is -0.946. The van der Waals surface area contributed by atoms with Crippen LogP contribution in [-0.2, 0) is 7.05 Å². The van der Waals surface area contributed by atoms with Crippen LogP contribution in [0.2, 0.25) is 5.02 Å². The Morgan fingerprint density at radius 1 is 1.23 bits per heavy atom. The molecule has 0 saturated heterocycles. The summed E-state index contributed by atoms with van der Waals surface area (Å²) in [4.78, 5) is 17.0. The summed E-state index contributed by atoms with van der Waals surface area (Å²) >= 11 is 5.83. The SMILES string of the molecule is Cn1c(C(C#N)C(=O)c2ccc(Cl)cc2)nc2ccccc21. The van der Waals surface area contributed by atoms with Gasteiger partial charge in [-0.25, -0.2) is 4.98 Å². The van der Waals surface area contributed by atoms with E-state index in [1.807, 2.05) is 31.3 Å². The van der Waals surface area contributed by atoms with Crippen LogP contribution in [0.3, 0.4) is 0 Å². The molecule has 0 aliphatic heterocycles. The van der Waals surface area contributed by atoms with Gasteiger partial charge in [0, 0.05) is 17.6 Å². The molecule has 0 amide bonds. The van der Waals surface area contributed by atoms with Gasteiger partial charge in [0.1, 0.15) is 5.82 Å². The smallest absolute Gasteiger partial charge is 0.187 e. The van der Waals surface area contributed by atoms with Gasteiger partial charge in [-0.15, -0.1) is 0 Å². The number of carbonyl (C=O) groups is 1. The number of hydrogen-bond donors (Lipinski definition) is 0. The fourth-order valence-corrected chi connectivity index (χ4v) is 2.56. The number of rotatable bonds is 3. The summed E-state index contributed by atoms with van der Waals surface area (Å²) in [6, 6.07) is 16.1. The third-order valence-electron chi connectivity index (χ3n) is 3.60. The fraction of sp³-hybridized carbons (Fsp3) is 0.118. The number of ketones is 1. The van der Waals surface area contributed by atoms with Gasteiger partial charge in [0.25, 0.3) is 0 Å². The second-order valence-electron chi connectivity index (χ2n) is 4.95. The number of aromatic nitrogens is 2. The number of carbonyl (C=O) groups excluding carboxylic acids is 1. The average molecular weight is 310 g/mol. The van der Waals surface area contributed by atoms with Gasteiger partial charge >= 0.3 is 0 Å². The second kappa shape index (κ2) is 5.63. The van der Waals surface area contributed by atoms with Crippen molar-refractivity contribution in [2.45, 2.75) is 5.92 Å². The molecular formula is C17H12ClN3O. The zero-order valence-corrected chi connectivity index (χ0v) is 12.6. The largest absolute Gasteiger partial charge is 0.330 e. The van der Waals surface area contributed by atoms with Crippen LogP contribution in [0.25, 0.3) is 11.0 Å². The maximum absolute atomic E-state index is 12.6. The Hall–Kier alpha value is -2.64. The van der Waals surface area contributed by atoms with Crippen LogP contribution >= 0.6 is 11.6 Å². The lowest BCUT2D eigenvalue weighted by Crippen LogP contribution is -2.15. The summed E-state index contributed by atoms with van der Waals surface area (Å²) in [5, 5.41) is 10.0. The summed E-state index contributed by atoms with van der Waals surface area (Å²) in [6.07, 6.45) is 0. The lowest BCUT2D eigenvalue weighted by atomic mass is 9.98. The molecule has 22 heavy (non-hydrogen) atoms. The van der Waals surface area contributed by atoms with Crippen molar-refractivity contribution in [1.82, 2.24) is 9.55 Å². The second-order valence-corrected chi connectivity index (χ2v) is 5.39. The number of hydrogen-bond acceptors (Lipinski definition) is 3. The van der Waals surface area contributed by atoms with Crippen molar-refractivity contribution in [2.24, 2.45) is 7.05 Å². The van der Waals surface area contributed by atoms with Crippen LogP contribution in [0.15, 0.2) is 48.5 Å². The van der Waals surface area contributed by atoms with Crippen molar-refractivity contribution in [2.75, 3.05) is 0 Å². The Morgan fingerprint density at radius 3 is 2.55 bits per heavy atom. The van der Waals surface area contributed by atoms with E-state index in [-0.39, 0.29) is 5.78 Å². The van der Waals surface area contributed by atoms with Crippen LogP contribution < -0.4 is 0 Å². The van der Waals surface area contributed by atoms with E-state index in [9.17, 15) is 10.1 Å². The Bertz CT molecular complexity index is 890. The highest BCUT2D eigenvalue weighted by Gasteiger charge is 2.26. The summed E-state index contributed by atoms with van der Waals surface area (Å²) in [7, 11) is 1.81. The van der Waals surface area contributed by atoms with Crippen molar-refractivity contribution in [3.63, 3.8) is 0 Å². The van der Waals surface area contributed by atoms with E-state index in [1.165, 1.54) is 0 Å². The summed E-state index contributed by atoms with van der Waals surface area (Å²) in [5.74, 6) is -0.778. The molecule has 4 nitrogen and oxygen atoms in total. The molecule has 0 N–H and O–H groups in total. The molecule has 1 aromatic heterocycles. The first-order chi connectivity index (χ1) is 10.6. The molecule has 0 fully saturated rings. The molecule has 3 aromatic rings. The lowest BCUT2D eigenvalue weighted by molar-refractivity contribution is 0.0975. The third kappa shape index (κ3) is 2.36. The van der Waals surface area contributed by atoms with Crippen molar-refractivity contribution in [3.05, 3.63) is 64.9 Å². The molecule has 1 heterocycles. The van der Waals surface area contributed by atoms with E-state index < -0.39 is 5.92 Å². The molecule has 1 unspecified atom stereocenters. The van der Waals surface area contributed by atoms with Crippen LogP contribution in [0.4, 0.5) is 0 Å². The van der Waals surface area contributed by atoms with Crippen molar-refractivity contribution in [1.29, 1.82) is 5.26 Å². The van der Waals surface area contributed by atoms with Gasteiger partial charge in [-0.3, -0.25) is 4.79 Å². The van der Waals surface area contributed by atoms with Gasteiger partial charge in [-0.1, -0.05) is 23.7 Å². The molecule has 0 saturated carbocycles. The van der Waals surface area contributed by atoms with E-state index in [0.29, 0.717) is 16.4 Å². The van der Waals surface area contributed by atoms with Crippen LogP contribution in [-0.4, -0.2) is 15.3 Å². The Morgan fingerprint density at radius 2 is 1.91 bits per heavy atom. The molecule has 3 rings (SSSR count). The molecule has 0 aliphatic rings. The van der Waals surface area contributed by atoms with Gasteiger partial charge in [0.2, 0.25) is 0 Å². The minimum Gasteiger partial charge on any atom is -0.330 e. The number of nitriles is 1.